The highest BCUT2D eigenvalue weighted by Crippen LogP contribution is 2.38. The molecule has 236 valence electrons. The Morgan fingerprint density at radius 3 is 2.27 bits per heavy atom. The average molecular weight is 630 g/mol. The number of piperidine rings is 1. The van der Waals surface area contributed by atoms with Gasteiger partial charge in [-0.1, -0.05) is 12.1 Å². The number of halogens is 7. The number of urea groups is 1. The van der Waals surface area contributed by atoms with Crippen molar-refractivity contribution < 1.29 is 44.7 Å². The molecule has 44 heavy (non-hydrogen) atoms. The van der Waals surface area contributed by atoms with E-state index >= 15 is 0 Å². The maximum Gasteiger partial charge on any atom is 0.437 e. The monoisotopic (exact) mass is 629 g/mol. The van der Waals surface area contributed by atoms with Gasteiger partial charge in [0, 0.05) is 39.3 Å². The first-order valence-corrected chi connectivity index (χ1v) is 13.5. The van der Waals surface area contributed by atoms with E-state index in [-0.39, 0.29) is 30.8 Å². The van der Waals surface area contributed by atoms with Crippen LogP contribution in [0.5, 0.6) is 0 Å². The average Bonchev–Trinajstić information content (AvgIpc) is 3.46. The van der Waals surface area contributed by atoms with Gasteiger partial charge in [0.1, 0.15) is 11.6 Å². The van der Waals surface area contributed by atoms with E-state index in [9.17, 15) is 40.3 Å². The SMILES string of the molecule is O=C(Nc1ccc(N2CCN(C(=O)Nc3ccccc3F)CC2)nc1)c1oc(N2CCCC(C(F)(F)F)C2)nc1C(F)(F)F. The van der Waals surface area contributed by atoms with Gasteiger partial charge in [-0.3, -0.25) is 4.79 Å². The van der Waals surface area contributed by atoms with Crippen LogP contribution in [0.25, 0.3) is 0 Å². The van der Waals surface area contributed by atoms with Gasteiger partial charge >= 0.3 is 18.4 Å². The molecule has 2 N–H and O–H groups in total. The van der Waals surface area contributed by atoms with Gasteiger partial charge in [0.2, 0.25) is 5.76 Å². The number of anilines is 4. The number of benzene rings is 1. The van der Waals surface area contributed by atoms with E-state index in [1.165, 1.54) is 41.4 Å². The molecule has 0 spiro atoms. The van der Waals surface area contributed by atoms with Crippen molar-refractivity contribution in [2.24, 2.45) is 5.92 Å². The predicted octanol–water partition coefficient (Wildman–Crippen LogP) is 5.61. The Bertz CT molecular complexity index is 1490. The largest absolute Gasteiger partial charge is 0.437 e. The first-order chi connectivity index (χ1) is 20.8. The van der Waals surface area contributed by atoms with Crippen LogP contribution >= 0.6 is 0 Å². The van der Waals surface area contributed by atoms with Crippen molar-refractivity contribution in [3.8, 4) is 0 Å². The fraction of sp³-hybridized carbons (Fsp3) is 0.407. The Morgan fingerprint density at radius 2 is 1.64 bits per heavy atom. The molecular weight excluding hydrogens is 603 g/mol. The highest BCUT2D eigenvalue weighted by molar-refractivity contribution is 6.03. The maximum absolute atomic E-state index is 13.8. The second kappa shape index (κ2) is 12.2. The van der Waals surface area contributed by atoms with Gasteiger partial charge in [0.25, 0.3) is 11.9 Å². The molecular formula is C27H26F7N7O3. The number of hydrogen-bond acceptors (Lipinski definition) is 7. The van der Waals surface area contributed by atoms with E-state index in [1.807, 2.05) is 4.90 Å². The Morgan fingerprint density at radius 1 is 0.909 bits per heavy atom. The number of hydrogen-bond donors (Lipinski definition) is 2. The summed E-state index contributed by atoms with van der Waals surface area (Å²) in [4.78, 5) is 37.2. The molecule has 2 saturated heterocycles. The molecule has 0 aliphatic carbocycles. The first-order valence-electron chi connectivity index (χ1n) is 13.5. The summed E-state index contributed by atoms with van der Waals surface area (Å²) >= 11 is 0. The summed E-state index contributed by atoms with van der Waals surface area (Å²) in [5, 5.41) is 4.78. The minimum atomic E-state index is -5.11. The summed E-state index contributed by atoms with van der Waals surface area (Å²) in [5.74, 6) is -4.34. The van der Waals surface area contributed by atoms with Gasteiger partial charge in [-0.05, 0) is 37.1 Å². The standard InChI is InChI=1S/C27H26F7N7O3/c28-18-5-1-2-6-19(18)37-24(43)40-12-10-39(11-13-40)20-8-7-17(14-35-20)36-23(42)21-22(27(32,33)34)38-25(44-21)41-9-3-4-16(15-41)26(29,30)31/h1-2,5-8,14,16H,3-4,9-13,15H2,(H,36,42)(H,37,43). The van der Waals surface area contributed by atoms with Gasteiger partial charge in [0.15, 0.2) is 5.69 Å². The lowest BCUT2D eigenvalue weighted by molar-refractivity contribution is -0.176. The number of nitrogens with one attached hydrogen (secondary N) is 2. The van der Waals surface area contributed by atoms with E-state index < -0.39 is 60.0 Å². The van der Waals surface area contributed by atoms with Gasteiger partial charge in [0.05, 0.1) is 23.5 Å². The number of rotatable bonds is 5. The summed E-state index contributed by atoms with van der Waals surface area (Å²) in [5.41, 5.74) is -1.56. The Kier molecular flexibility index (Phi) is 8.56. The Balaban J connectivity index is 1.21. The number of para-hydroxylation sites is 1. The number of piperazine rings is 1. The number of carbonyl (C=O) groups is 2. The lowest BCUT2D eigenvalue weighted by atomic mass is 9.98. The van der Waals surface area contributed by atoms with Crippen LogP contribution in [0.1, 0.15) is 29.1 Å². The van der Waals surface area contributed by atoms with Gasteiger partial charge in [-0.15, -0.1) is 0 Å². The molecule has 2 aliphatic rings. The molecule has 0 bridgehead atoms. The molecule has 2 fully saturated rings. The van der Waals surface area contributed by atoms with E-state index in [2.05, 4.69) is 20.6 Å². The topological polar surface area (TPSA) is 107 Å². The third kappa shape index (κ3) is 6.97. The summed E-state index contributed by atoms with van der Waals surface area (Å²) in [6, 6.07) is 7.52. The van der Waals surface area contributed by atoms with E-state index in [4.69, 9.17) is 4.42 Å². The molecule has 0 saturated carbocycles. The third-order valence-electron chi connectivity index (χ3n) is 7.26. The summed E-state index contributed by atoms with van der Waals surface area (Å²) in [7, 11) is 0. The van der Waals surface area contributed by atoms with Crippen molar-refractivity contribution in [1.82, 2.24) is 14.9 Å². The number of aromatic nitrogens is 2. The smallest absolute Gasteiger partial charge is 0.417 e. The molecule has 2 aromatic heterocycles. The molecule has 5 rings (SSSR count). The van der Waals surface area contributed by atoms with Crippen molar-refractivity contribution >= 4 is 35.1 Å². The summed E-state index contributed by atoms with van der Waals surface area (Å²) in [6.07, 6.45) is -8.55. The van der Waals surface area contributed by atoms with Crippen LogP contribution in [0.2, 0.25) is 0 Å². The molecule has 10 nitrogen and oxygen atoms in total. The molecule has 1 atom stereocenters. The molecule has 17 heteroatoms. The second-order valence-corrected chi connectivity index (χ2v) is 10.2. The molecule has 3 amide bonds. The van der Waals surface area contributed by atoms with Crippen molar-refractivity contribution in [3.63, 3.8) is 0 Å². The first kappa shape index (κ1) is 30.9. The van der Waals surface area contributed by atoms with E-state index in [0.29, 0.717) is 32.0 Å². The normalized spacial score (nSPS) is 17.9. The fourth-order valence-electron chi connectivity index (χ4n) is 4.94. The maximum atomic E-state index is 13.8. The van der Waals surface area contributed by atoms with Crippen molar-refractivity contribution in [2.45, 2.75) is 25.2 Å². The number of carbonyl (C=O) groups excluding carboxylic acids is 2. The van der Waals surface area contributed by atoms with Crippen LogP contribution in [0.4, 0.5) is 58.7 Å². The van der Waals surface area contributed by atoms with Gasteiger partial charge < -0.3 is 29.8 Å². The quantitative estimate of drug-likeness (QED) is 0.354. The van der Waals surface area contributed by atoms with Crippen LogP contribution in [0.3, 0.4) is 0 Å². The molecule has 1 aromatic carbocycles. The van der Waals surface area contributed by atoms with Crippen molar-refractivity contribution in [3.05, 3.63) is 59.9 Å². The summed E-state index contributed by atoms with van der Waals surface area (Å²) in [6.45, 7) is 0.708. The van der Waals surface area contributed by atoms with Gasteiger partial charge in [-0.2, -0.15) is 31.3 Å². The lowest BCUT2D eigenvalue weighted by Gasteiger charge is -2.35. The molecule has 1 unspecified atom stereocenters. The number of alkyl halides is 6. The Hall–Kier alpha value is -4.57. The van der Waals surface area contributed by atoms with E-state index in [1.54, 1.807) is 6.07 Å². The highest BCUT2D eigenvalue weighted by atomic mass is 19.4. The molecule has 0 radical (unpaired) electrons. The van der Waals surface area contributed by atoms with Crippen molar-refractivity contribution in [2.75, 3.05) is 59.7 Å². The van der Waals surface area contributed by atoms with Crippen LogP contribution < -0.4 is 20.4 Å². The zero-order valence-electron chi connectivity index (χ0n) is 22.9. The zero-order chi connectivity index (χ0) is 31.6. The van der Waals surface area contributed by atoms with Crippen LogP contribution in [0.15, 0.2) is 47.0 Å². The lowest BCUT2D eigenvalue weighted by Crippen LogP contribution is -2.50. The van der Waals surface area contributed by atoms with Crippen LogP contribution in [-0.2, 0) is 6.18 Å². The molecule has 4 heterocycles. The van der Waals surface area contributed by atoms with Crippen LogP contribution in [0, 0.1) is 11.7 Å². The second-order valence-electron chi connectivity index (χ2n) is 10.2. The third-order valence-corrected chi connectivity index (χ3v) is 7.26. The zero-order valence-corrected chi connectivity index (χ0v) is 22.9. The number of oxazole rings is 1. The predicted molar refractivity (Wildman–Crippen MR) is 144 cm³/mol. The molecule has 3 aromatic rings. The summed E-state index contributed by atoms with van der Waals surface area (Å²) < 4.78 is 99.6. The van der Waals surface area contributed by atoms with Crippen LogP contribution in [-0.4, -0.2) is 72.3 Å². The van der Waals surface area contributed by atoms with Crippen molar-refractivity contribution in [1.29, 1.82) is 0 Å². The van der Waals surface area contributed by atoms with Gasteiger partial charge in [-0.25, -0.2) is 14.2 Å². The van der Waals surface area contributed by atoms with E-state index in [0.717, 1.165) is 4.90 Å². The number of nitrogens with zero attached hydrogens (tertiary/aromatic N) is 5. The Labute approximate surface area is 245 Å². The minimum Gasteiger partial charge on any atom is -0.417 e. The highest BCUT2D eigenvalue weighted by Gasteiger charge is 2.45. The fourth-order valence-corrected chi connectivity index (χ4v) is 4.94. The number of amides is 3. The number of pyridine rings is 1. The molecule has 2 aliphatic heterocycles. The minimum absolute atomic E-state index is 0.0126.